The molecule has 8 nitrogen and oxygen atoms in total. The van der Waals surface area contributed by atoms with Crippen LogP contribution in [0.2, 0.25) is 0 Å². The van der Waals surface area contributed by atoms with Crippen molar-refractivity contribution in [2.24, 2.45) is 5.10 Å². The molecule has 0 unspecified atom stereocenters. The summed E-state index contributed by atoms with van der Waals surface area (Å²) in [5.41, 5.74) is 2.29. The van der Waals surface area contributed by atoms with Crippen molar-refractivity contribution in [3.8, 4) is 17.2 Å². The van der Waals surface area contributed by atoms with E-state index in [4.69, 9.17) is 14.2 Å². The molecular weight excluding hydrogens is 348 g/mol. The SMILES string of the molecule is COc1ccc2[nH]c3c(=O)n(/N=C\c4ccc5c(c4)OCO5)cnc3c2c1. The van der Waals surface area contributed by atoms with Gasteiger partial charge in [-0.05, 0) is 42.0 Å². The number of nitrogens with one attached hydrogen (secondary N) is 1. The molecule has 3 heterocycles. The highest BCUT2D eigenvalue weighted by Gasteiger charge is 2.13. The highest BCUT2D eigenvalue weighted by atomic mass is 16.7. The Morgan fingerprint density at radius 1 is 1.22 bits per heavy atom. The highest BCUT2D eigenvalue weighted by molar-refractivity contribution is 6.04. The molecule has 1 aliphatic rings. The van der Waals surface area contributed by atoms with Gasteiger partial charge in [-0.3, -0.25) is 4.79 Å². The summed E-state index contributed by atoms with van der Waals surface area (Å²) < 4.78 is 17.1. The van der Waals surface area contributed by atoms with Gasteiger partial charge in [0.15, 0.2) is 11.5 Å². The van der Waals surface area contributed by atoms with Crippen molar-refractivity contribution in [2.75, 3.05) is 13.9 Å². The van der Waals surface area contributed by atoms with Gasteiger partial charge in [0.1, 0.15) is 23.1 Å². The predicted octanol–water partition coefficient (Wildman–Crippen LogP) is 2.50. The number of benzene rings is 2. The van der Waals surface area contributed by atoms with E-state index in [-0.39, 0.29) is 12.4 Å². The average molecular weight is 362 g/mol. The van der Waals surface area contributed by atoms with Crippen molar-refractivity contribution in [1.29, 1.82) is 0 Å². The summed E-state index contributed by atoms with van der Waals surface area (Å²) in [5, 5.41) is 5.06. The third-order valence-electron chi connectivity index (χ3n) is 4.42. The minimum atomic E-state index is -0.285. The Morgan fingerprint density at radius 3 is 3.00 bits per heavy atom. The Morgan fingerprint density at radius 2 is 2.11 bits per heavy atom. The molecule has 2 aromatic carbocycles. The fraction of sp³-hybridized carbons (Fsp3) is 0.105. The van der Waals surface area contributed by atoms with E-state index in [1.165, 1.54) is 11.0 Å². The summed E-state index contributed by atoms with van der Waals surface area (Å²) in [5.74, 6) is 2.06. The smallest absolute Gasteiger partial charge is 0.298 e. The van der Waals surface area contributed by atoms with E-state index < -0.39 is 0 Å². The Kier molecular flexibility index (Phi) is 3.36. The second-order valence-corrected chi connectivity index (χ2v) is 6.01. The second-order valence-electron chi connectivity index (χ2n) is 6.01. The van der Waals surface area contributed by atoms with Gasteiger partial charge in [0.05, 0.1) is 13.3 Å². The zero-order valence-corrected chi connectivity index (χ0v) is 14.3. The van der Waals surface area contributed by atoms with E-state index in [0.29, 0.717) is 28.3 Å². The fourth-order valence-electron chi connectivity index (χ4n) is 3.06. The van der Waals surface area contributed by atoms with Crippen LogP contribution >= 0.6 is 0 Å². The number of hydrogen-bond donors (Lipinski definition) is 1. The number of hydrogen-bond acceptors (Lipinski definition) is 6. The Bertz CT molecular complexity index is 1270. The predicted molar refractivity (Wildman–Crippen MR) is 100.0 cm³/mol. The molecule has 5 rings (SSSR count). The molecule has 0 fully saturated rings. The number of nitrogens with zero attached hydrogens (tertiary/aromatic N) is 3. The molecule has 4 aromatic rings. The van der Waals surface area contributed by atoms with Crippen LogP contribution in [0.3, 0.4) is 0 Å². The summed E-state index contributed by atoms with van der Waals surface area (Å²) in [6.45, 7) is 0.209. The first kappa shape index (κ1) is 15.4. The van der Waals surface area contributed by atoms with E-state index >= 15 is 0 Å². The summed E-state index contributed by atoms with van der Waals surface area (Å²) in [7, 11) is 1.60. The topological polar surface area (TPSA) is 90.7 Å². The van der Waals surface area contributed by atoms with Crippen molar-refractivity contribution in [2.45, 2.75) is 0 Å². The number of aromatic amines is 1. The summed E-state index contributed by atoms with van der Waals surface area (Å²) in [6, 6.07) is 11.0. The first-order chi connectivity index (χ1) is 13.2. The molecule has 0 aliphatic carbocycles. The zero-order valence-electron chi connectivity index (χ0n) is 14.3. The quantitative estimate of drug-likeness (QED) is 0.566. The number of rotatable bonds is 3. The molecule has 1 aliphatic heterocycles. The number of ether oxygens (including phenoxy) is 3. The van der Waals surface area contributed by atoms with Crippen molar-refractivity contribution in [3.05, 3.63) is 58.6 Å². The molecule has 0 atom stereocenters. The van der Waals surface area contributed by atoms with Crippen LogP contribution in [-0.2, 0) is 0 Å². The molecule has 0 saturated carbocycles. The van der Waals surface area contributed by atoms with Gasteiger partial charge in [0.25, 0.3) is 5.56 Å². The lowest BCUT2D eigenvalue weighted by Crippen LogP contribution is -2.17. The van der Waals surface area contributed by atoms with Gasteiger partial charge in [-0.1, -0.05) is 0 Å². The standard InChI is InChI=1S/C19H14N4O4/c1-25-12-3-4-14-13(7-12)17-18(22-14)19(24)23(9-20-17)21-8-11-2-5-15-16(6-11)27-10-26-15/h2-9,22H,10H2,1H3/b21-8-. The minimum absolute atomic E-state index is 0.209. The third kappa shape index (κ3) is 2.50. The van der Waals surface area contributed by atoms with Crippen LogP contribution in [0.25, 0.3) is 21.9 Å². The number of methoxy groups -OCH3 is 1. The largest absolute Gasteiger partial charge is 0.497 e. The van der Waals surface area contributed by atoms with Gasteiger partial charge < -0.3 is 19.2 Å². The second kappa shape index (κ2) is 5.87. The van der Waals surface area contributed by atoms with E-state index in [1.807, 2.05) is 24.3 Å². The molecule has 0 spiro atoms. The molecule has 0 radical (unpaired) electrons. The Labute approximate surface area is 152 Å². The Balaban J connectivity index is 1.56. The van der Waals surface area contributed by atoms with Gasteiger partial charge >= 0.3 is 0 Å². The molecule has 0 amide bonds. The molecule has 0 saturated heterocycles. The lowest BCUT2D eigenvalue weighted by molar-refractivity contribution is 0.174. The first-order valence-corrected chi connectivity index (χ1v) is 8.24. The minimum Gasteiger partial charge on any atom is -0.497 e. The van der Waals surface area contributed by atoms with Gasteiger partial charge in [-0.2, -0.15) is 9.78 Å². The molecule has 0 bridgehead atoms. The summed E-state index contributed by atoms with van der Waals surface area (Å²) in [6.07, 6.45) is 2.98. The maximum atomic E-state index is 12.8. The maximum absolute atomic E-state index is 12.8. The van der Waals surface area contributed by atoms with Crippen LogP contribution in [0.5, 0.6) is 17.2 Å². The number of aromatic nitrogens is 3. The molecule has 134 valence electrons. The van der Waals surface area contributed by atoms with Gasteiger partial charge in [0, 0.05) is 10.9 Å². The van der Waals surface area contributed by atoms with Gasteiger partial charge in [-0.25, -0.2) is 4.98 Å². The van der Waals surface area contributed by atoms with Crippen LogP contribution in [0.4, 0.5) is 0 Å². The van der Waals surface area contributed by atoms with Crippen molar-refractivity contribution >= 4 is 28.2 Å². The lowest BCUT2D eigenvalue weighted by atomic mass is 10.2. The van der Waals surface area contributed by atoms with Crippen molar-refractivity contribution in [3.63, 3.8) is 0 Å². The van der Waals surface area contributed by atoms with E-state index in [0.717, 1.165) is 16.5 Å². The molecule has 8 heteroatoms. The number of H-pyrrole nitrogens is 1. The first-order valence-electron chi connectivity index (χ1n) is 8.24. The maximum Gasteiger partial charge on any atom is 0.298 e. The van der Waals surface area contributed by atoms with Gasteiger partial charge in [-0.15, -0.1) is 0 Å². The van der Waals surface area contributed by atoms with Gasteiger partial charge in [0.2, 0.25) is 6.79 Å². The lowest BCUT2D eigenvalue weighted by Gasteiger charge is -2.00. The van der Waals surface area contributed by atoms with E-state index in [1.54, 1.807) is 25.5 Å². The Hall–Kier alpha value is -3.81. The normalized spacial score (nSPS) is 13.1. The van der Waals surface area contributed by atoms with Crippen LogP contribution in [0, 0.1) is 0 Å². The highest BCUT2D eigenvalue weighted by Crippen LogP contribution is 2.32. The molecule has 27 heavy (non-hydrogen) atoms. The average Bonchev–Trinajstić information content (AvgIpc) is 3.31. The number of fused-ring (bicyclic) bond motifs is 4. The molecule has 1 N–H and O–H groups in total. The zero-order chi connectivity index (χ0) is 18.4. The van der Waals surface area contributed by atoms with Crippen molar-refractivity contribution < 1.29 is 14.2 Å². The van der Waals surface area contributed by atoms with Crippen LogP contribution in [-0.4, -0.2) is 34.8 Å². The summed E-state index contributed by atoms with van der Waals surface area (Å²) >= 11 is 0. The fourth-order valence-corrected chi connectivity index (χ4v) is 3.06. The van der Waals surface area contributed by atoms with Crippen LogP contribution in [0.1, 0.15) is 5.56 Å². The van der Waals surface area contributed by atoms with E-state index in [9.17, 15) is 4.79 Å². The third-order valence-corrected chi connectivity index (χ3v) is 4.42. The van der Waals surface area contributed by atoms with E-state index in [2.05, 4.69) is 15.1 Å². The molecular formula is C19H14N4O4. The van der Waals surface area contributed by atoms with Crippen molar-refractivity contribution in [1.82, 2.24) is 14.6 Å². The summed E-state index contributed by atoms with van der Waals surface area (Å²) in [4.78, 5) is 20.3. The van der Waals surface area contributed by atoms with Crippen LogP contribution in [0.15, 0.2) is 52.6 Å². The van der Waals surface area contributed by atoms with Crippen LogP contribution < -0.4 is 19.8 Å². The monoisotopic (exact) mass is 362 g/mol. The molecule has 2 aromatic heterocycles.